The molecule has 0 amide bonds. The molecule has 0 saturated heterocycles. The first-order valence-electron chi connectivity index (χ1n) is 6.11. The molecule has 0 radical (unpaired) electrons. The van der Waals surface area contributed by atoms with Crippen LogP contribution in [0.3, 0.4) is 0 Å². The first-order valence-corrected chi connectivity index (χ1v) is 6.64. The molecule has 1 atom stereocenters. The van der Waals surface area contributed by atoms with Gasteiger partial charge in [-0.25, -0.2) is 0 Å². The number of nitriles is 1. The van der Waals surface area contributed by atoms with Gasteiger partial charge >= 0.3 is 6.36 Å². The maximum atomic E-state index is 12.4. The average Bonchev–Trinajstić information content (AvgIpc) is 2.45. The number of hydrogen-bond donors (Lipinski definition) is 0. The van der Waals surface area contributed by atoms with E-state index in [4.69, 9.17) is 16.9 Å². The monoisotopic (exact) mass is 330 g/mol. The number of alkyl halides is 4. The Morgan fingerprint density at radius 3 is 2.77 bits per heavy atom. The number of amidine groups is 1. The van der Waals surface area contributed by atoms with E-state index in [-0.39, 0.29) is 17.5 Å². The summed E-state index contributed by atoms with van der Waals surface area (Å²) in [6.45, 7) is 1.78. The van der Waals surface area contributed by atoms with E-state index in [0.29, 0.717) is 11.5 Å². The van der Waals surface area contributed by atoms with Crippen LogP contribution in [0.15, 0.2) is 28.4 Å². The fraction of sp³-hybridized carbons (Fsp3) is 0.308. The van der Waals surface area contributed by atoms with Crippen LogP contribution in [0.25, 0.3) is 0 Å². The average molecular weight is 331 g/mol. The van der Waals surface area contributed by atoms with E-state index in [1.165, 1.54) is 18.3 Å². The van der Waals surface area contributed by atoms with E-state index < -0.39 is 12.1 Å². The molecule has 1 aromatic rings. The first kappa shape index (κ1) is 16.1. The molecule has 5 nitrogen and oxygen atoms in total. The zero-order valence-electron chi connectivity index (χ0n) is 11.3. The van der Waals surface area contributed by atoms with Gasteiger partial charge in [-0.15, -0.1) is 29.9 Å². The lowest BCUT2D eigenvalue weighted by Crippen LogP contribution is -2.42. The number of rotatable bonds is 3. The maximum Gasteiger partial charge on any atom is 0.573 e. The van der Waals surface area contributed by atoms with Crippen LogP contribution in [0.5, 0.6) is 5.75 Å². The molecule has 0 spiro atoms. The van der Waals surface area contributed by atoms with Gasteiger partial charge in [-0.2, -0.15) is 10.4 Å². The standard InChI is InChI=1S/C13H10ClF3N4O/c1-8-7-19-20-12(5-14)21(8)10-3-2-9(6-18)11(4-10)22-13(15,16)17/h2-4,7-8H,5H2,1H3. The molecular formula is C13H10ClF3N4O. The van der Waals surface area contributed by atoms with Crippen molar-refractivity contribution < 1.29 is 17.9 Å². The smallest absolute Gasteiger partial charge is 0.404 e. The van der Waals surface area contributed by atoms with Crippen molar-refractivity contribution in [2.75, 3.05) is 10.8 Å². The van der Waals surface area contributed by atoms with E-state index in [1.54, 1.807) is 17.9 Å². The molecule has 1 aliphatic heterocycles. The van der Waals surface area contributed by atoms with Gasteiger partial charge in [0, 0.05) is 18.0 Å². The Morgan fingerprint density at radius 1 is 1.45 bits per heavy atom. The Morgan fingerprint density at radius 2 is 2.18 bits per heavy atom. The molecule has 0 fully saturated rings. The predicted octanol–water partition coefficient (Wildman–Crippen LogP) is 3.29. The Balaban J connectivity index is 2.44. The predicted molar refractivity (Wildman–Crippen MR) is 76.4 cm³/mol. The van der Waals surface area contributed by atoms with Gasteiger partial charge in [-0.1, -0.05) is 0 Å². The fourth-order valence-corrected chi connectivity index (χ4v) is 2.17. The topological polar surface area (TPSA) is 61.0 Å². The highest BCUT2D eigenvalue weighted by atomic mass is 35.5. The summed E-state index contributed by atoms with van der Waals surface area (Å²) in [6, 6.07) is 5.29. The Hall–Kier alpha value is -2.27. The summed E-state index contributed by atoms with van der Waals surface area (Å²) in [5, 5.41) is 16.5. The van der Waals surface area contributed by atoms with Gasteiger partial charge in [0.05, 0.1) is 17.5 Å². The zero-order valence-corrected chi connectivity index (χ0v) is 12.1. The van der Waals surface area contributed by atoms with Crippen molar-refractivity contribution in [3.63, 3.8) is 0 Å². The Bertz CT molecular complexity index is 666. The van der Waals surface area contributed by atoms with Crippen molar-refractivity contribution in [1.82, 2.24) is 0 Å². The molecule has 9 heteroatoms. The van der Waals surface area contributed by atoms with Gasteiger partial charge < -0.3 is 9.64 Å². The van der Waals surface area contributed by atoms with Crippen LogP contribution in [0, 0.1) is 11.3 Å². The van der Waals surface area contributed by atoms with Gasteiger partial charge in [-0.3, -0.25) is 0 Å². The second-order valence-electron chi connectivity index (χ2n) is 4.37. The van der Waals surface area contributed by atoms with Crippen molar-refractivity contribution in [1.29, 1.82) is 5.26 Å². The minimum Gasteiger partial charge on any atom is -0.404 e. The third-order valence-corrected chi connectivity index (χ3v) is 3.09. The van der Waals surface area contributed by atoms with Crippen LogP contribution in [0.2, 0.25) is 0 Å². The lowest BCUT2D eigenvalue weighted by atomic mass is 10.1. The van der Waals surface area contributed by atoms with Crippen LogP contribution in [-0.4, -0.2) is 30.3 Å². The van der Waals surface area contributed by atoms with E-state index in [1.807, 2.05) is 0 Å². The molecular weight excluding hydrogens is 321 g/mol. The van der Waals surface area contributed by atoms with Gasteiger partial charge in [0.1, 0.15) is 17.7 Å². The molecule has 1 aliphatic rings. The highest BCUT2D eigenvalue weighted by Crippen LogP contribution is 2.31. The fourth-order valence-electron chi connectivity index (χ4n) is 1.98. The van der Waals surface area contributed by atoms with Crippen molar-refractivity contribution in [3.05, 3.63) is 23.8 Å². The SMILES string of the molecule is CC1C=NN=C(CCl)N1c1ccc(C#N)c(OC(F)(F)F)c1. The third kappa shape index (κ3) is 3.49. The minimum absolute atomic E-state index is 0.0388. The lowest BCUT2D eigenvalue weighted by Gasteiger charge is -2.31. The molecule has 0 bridgehead atoms. The molecule has 0 aliphatic carbocycles. The number of ether oxygens (including phenoxy) is 1. The van der Waals surface area contributed by atoms with Gasteiger partial charge in [-0.05, 0) is 19.1 Å². The van der Waals surface area contributed by atoms with E-state index >= 15 is 0 Å². The van der Waals surface area contributed by atoms with Crippen LogP contribution >= 0.6 is 11.6 Å². The summed E-state index contributed by atoms with van der Waals surface area (Å²) in [7, 11) is 0. The number of hydrogen-bond acceptors (Lipinski definition) is 5. The van der Waals surface area contributed by atoms with Gasteiger partial charge in [0.15, 0.2) is 0 Å². The Labute approximate surface area is 129 Å². The second-order valence-corrected chi connectivity index (χ2v) is 4.63. The quantitative estimate of drug-likeness (QED) is 0.799. The Kier molecular flexibility index (Phi) is 4.56. The lowest BCUT2D eigenvalue weighted by molar-refractivity contribution is -0.274. The van der Waals surface area contributed by atoms with E-state index in [2.05, 4.69) is 14.9 Å². The minimum atomic E-state index is -4.89. The van der Waals surface area contributed by atoms with Crippen molar-refractivity contribution >= 4 is 29.3 Å². The van der Waals surface area contributed by atoms with Crippen LogP contribution < -0.4 is 9.64 Å². The highest BCUT2D eigenvalue weighted by Gasteiger charge is 2.33. The van der Waals surface area contributed by atoms with Crippen LogP contribution in [-0.2, 0) is 0 Å². The molecule has 0 N–H and O–H groups in total. The summed E-state index contributed by atoms with van der Waals surface area (Å²) in [4.78, 5) is 1.62. The largest absolute Gasteiger partial charge is 0.573 e. The van der Waals surface area contributed by atoms with Crippen molar-refractivity contribution in [2.45, 2.75) is 19.3 Å². The van der Waals surface area contributed by atoms with E-state index in [0.717, 1.165) is 6.07 Å². The van der Waals surface area contributed by atoms with Crippen LogP contribution in [0.4, 0.5) is 18.9 Å². The van der Waals surface area contributed by atoms with Crippen molar-refractivity contribution in [2.24, 2.45) is 10.2 Å². The number of halogens is 4. The molecule has 2 rings (SSSR count). The molecule has 22 heavy (non-hydrogen) atoms. The number of nitrogens with zero attached hydrogens (tertiary/aromatic N) is 4. The summed E-state index contributed by atoms with van der Waals surface area (Å²) < 4.78 is 41.2. The normalized spacial score (nSPS) is 17.9. The van der Waals surface area contributed by atoms with Gasteiger partial charge in [0.2, 0.25) is 0 Å². The first-order chi connectivity index (χ1) is 10.4. The molecule has 1 unspecified atom stereocenters. The van der Waals surface area contributed by atoms with Crippen LogP contribution in [0.1, 0.15) is 12.5 Å². The highest BCUT2D eigenvalue weighted by molar-refractivity contribution is 6.31. The summed E-state index contributed by atoms with van der Waals surface area (Å²) in [6.07, 6.45) is -3.36. The number of benzene rings is 1. The van der Waals surface area contributed by atoms with Crippen molar-refractivity contribution in [3.8, 4) is 11.8 Å². The van der Waals surface area contributed by atoms with E-state index in [9.17, 15) is 13.2 Å². The molecule has 1 aromatic carbocycles. The summed E-state index contributed by atoms with van der Waals surface area (Å²) in [5.74, 6) is -0.146. The maximum absolute atomic E-state index is 12.4. The summed E-state index contributed by atoms with van der Waals surface area (Å²) >= 11 is 5.79. The summed E-state index contributed by atoms with van der Waals surface area (Å²) in [5.41, 5.74) is 0.153. The zero-order chi connectivity index (χ0) is 16.3. The number of anilines is 1. The third-order valence-electron chi connectivity index (χ3n) is 2.85. The molecule has 1 heterocycles. The second kappa shape index (κ2) is 6.23. The molecule has 0 saturated carbocycles. The van der Waals surface area contributed by atoms with Gasteiger partial charge in [0.25, 0.3) is 0 Å². The molecule has 116 valence electrons. The molecule has 0 aromatic heterocycles.